The van der Waals surface area contributed by atoms with E-state index in [1.165, 1.54) is 7.11 Å². The molecule has 1 fully saturated rings. The molecule has 36 heavy (non-hydrogen) atoms. The van der Waals surface area contributed by atoms with E-state index >= 15 is 0 Å². The number of amides is 1. The van der Waals surface area contributed by atoms with Crippen molar-refractivity contribution < 1.29 is 17.9 Å². The molecule has 0 bridgehead atoms. The van der Waals surface area contributed by atoms with Crippen LogP contribution >= 0.6 is 0 Å². The molecule has 2 aromatic rings. The number of nitrogens with one attached hydrogen (secondary N) is 1. The average Bonchev–Trinajstić information content (AvgIpc) is 3.34. The maximum absolute atomic E-state index is 13.3. The SMILES string of the molecule is COC1=CC2=NCC(n3cc(-c4cc(C(=O)NC5CC5)ccc4C)cn3)N2C=C1S(=O)(=O)C(C)(C)C. The van der Waals surface area contributed by atoms with Crippen LogP contribution < -0.4 is 5.32 Å². The Morgan fingerprint density at radius 1 is 1.22 bits per heavy atom. The molecule has 1 unspecified atom stereocenters. The number of fused-ring (bicyclic) bond motifs is 1. The zero-order valence-corrected chi connectivity index (χ0v) is 22.0. The van der Waals surface area contributed by atoms with Crippen molar-refractivity contribution in [3.8, 4) is 11.1 Å². The summed E-state index contributed by atoms with van der Waals surface area (Å²) in [7, 11) is -2.20. The lowest BCUT2D eigenvalue weighted by atomic mass is 10.0. The number of methoxy groups -OCH3 is 1. The second-order valence-electron chi connectivity index (χ2n) is 10.4. The van der Waals surface area contributed by atoms with Crippen molar-refractivity contribution in [3.05, 3.63) is 64.7 Å². The summed E-state index contributed by atoms with van der Waals surface area (Å²) in [6.07, 6.45) is 8.69. The van der Waals surface area contributed by atoms with Gasteiger partial charge in [0.2, 0.25) is 0 Å². The minimum absolute atomic E-state index is 0.0632. The van der Waals surface area contributed by atoms with Crippen LogP contribution in [0.15, 0.2) is 58.5 Å². The molecule has 1 aromatic heterocycles. The fraction of sp³-hybridized carbons (Fsp3) is 0.423. The number of benzene rings is 1. The summed E-state index contributed by atoms with van der Waals surface area (Å²) < 4.78 is 32.8. The molecule has 1 aliphatic carbocycles. The van der Waals surface area contributed by atoms with E-state index in [1.807, 2.05) is 36.2 Å². The molecule has 5 rings (SSSR count). The standard InChI is InChI=1S/C26H31N5O4S/c1-16-6-7-17(25(32)29-19-8-9-19)10-20(16)18-12-28-31(14-18)24-13-27-23-11-21(35-5)22(15-30(23)24)36(33,34)26(2,3)4/h6-7,10-12,14-15,19,24H,8-9,13H2,1-5H3,(H,29,32). The van der Waals surface area contributed by atoms with Crippen molar-refractivity contribution in [2.24, 2.45) is 4.99 Å². The number of hydrogen-bond donors (Lipinski definition) is 1. The third kappa shape index (κ3) is 4.23. The fourth-order valence-electron chi connectivity index (χ4n) is 4.26. The summed E-state index contributed by atoms with van der Waals surface area (Å²) in [5, 5.41) is 7.62. The van der Waals surface area contributed by atoms with E-state index in [4.69, 9.17) is 4.74 Å². The molecule has 0 spiro atoms. The van der Waals surface area contributed by atoms with Crippen molar-refractivity contribution in [2.75, 3.05) is 13.7 Å². The highest BCUT2D eigenvalue weighted by atomic mass is 32.2. The van der Waals surface area contributed by atoms with Crippen LogP contribution in [0.5, 0.6) is 0 Å². The zero-order chi connectivity index (χ0) is 25.8. The van der Waals surface area contributed by atoms with E-state index in [-0.39, 0.29) is 22.7 Å². The molecule has 1 saturated carbocycles. The smallest absolute Gasteiger partial charge is 0.251 e. The Kier molecular flexibility index (Phi) is 5.82. The first-order valence-electron chi connectivity index (χ1n) is 12.0. The average molecular weight is 510 g/mol. The first kappa shape index (κ1) is 24.3. The third-order valence-corrected chi connectivity index (χ3v) is 9.21. The number of aromatic nitrogens is 2. The highest BCUT2D eigenvalue weighted by Crippen LogP contribution is 2.36. The van der Waals surface area contributed by atoms with E-state index in [0.717, 1.165) is 29.5 Å². The monoisotopic (exact) mass is 509 g/mol. The van der Waals surface area contributed by atoms with Gasteiger partial charge in [0.05, 0.1) is 24.6 Å². The lowest BCUT2D eigenvalue weighted by molar-refractivity contribution is 0.0951. The van der Waals surface area contributed by atoms with E-state index in [2.05, 4.69) is 15.4 Å². The summed E-state index contributed by atoms with van der Waals surface area (Å²) in [6, 6.07) is 5.97. The maximum Gasteiger partial charge on any atom is 0.251 e. The van der Waals surface area contributed by atoms with Crippen molar-refractivity contribution in [1.29, 1.82) is 0 Å². The predicted octanol–water partition coefficient (Wildman–Crippen LogP) is 3.56. The minimum atomic E-state index is -3.66. The first-order valence-corrected chi connectivity index (χ1v) is 13.5. The van der Waals surface area contributed by atoms with Gasteiger partial charge in [0, 0.05) is 35.6 Å². The van der Waals surface area contributed by atoms with Crippen LogP contribution in [0.2, 0.25) is 0 Å². The van der Waals surface area contributed by atoms with Crippen molar-refractivity contribution in [3.63, 3.8) is 0 Å². The summed E-state index contributed by atoms with van der Waals surface area (Å²) in [6.45, 7) is 7.42. The first-order chi connectivity index (χ1) is 17.0. The lowest BCUT2D eigenvalue weighted by Crippen LogP contribution is -2.36. The second kappa shape index (κ2) is 8.62. The summed E-state index contributed by atoms with van der Waals surface area (Å²) in [4.78, 5) is 19.1. The summed E-state index contributed by atoms with van der Waals surface area (Å²) >= 11 is 0. The lowest BCUT2D eigenvalue weighted by Gasteiger charge is -2.30. The highest BCUT2D eigenvalue weighted by Gasteiger charge is 2.40. The van der Waals surface area contributed by atoms with E-state index in [9.17, 15) is 13.2 Å². The summed E-state index contributed by atoms with van der Waals surface area (Å²) in [5.41, 5.74) is 3.45. The number of sulfone groups is 1. The molecule has 1 amide bonds. The number of rotatable bonds is 6. The van der Waals surface area contributed by atoms with E-state index in [1.54, 1.807) is 43.9 Å². The van der Waals surface area contributed by atoms with Crippen LogP contribution in [-0.2, 0) is 14.6 Å². The van der Waals surface area contributed by atoms with Gasteiger partial charge < -0.3 is 15.0 Å². The number of ether oxygens (including phenoxy) is 1. The van der Waals surface area contributed by atoms with Crippen LogP contribution in [0.1, 0.15) is 55.7 Å². The molecule has 0 saturated heterocycles. The van der Waals surface area contributed by atoms with Crippen molar-refractivity contribution in [1.82, 2.24) is 20.0 Å². The number of aryl methyl sites for hydroxylation is 1. The van der Waals surface area contributed by atoms with Crippen molar-refractivity contribution in [2.45, 2.75) is 57.5 Å². The molecule has 1 N–H and O–H groups in total. The molecule has 190 valence electrons. The van der Waals surface area contributed by atoms with Crippen molar-refractivity contribution >= 4 is 21.6 Å². The van der Waals surface area contributed by atoms with Gasteiger partial charge in [0.15, 0.2) is 9.84 Å². The number of carbonyl (C=O) groups is 1. The van der Waals surface area contributed by atoms with Gasteiger partial charge in [-0.15, -0.1) is 0 Å². The molecule has 3 aliphatic rings. The maximum atomic E-state index is 13.3. The molecular formula is C26H31N5O4S. The van der Waals surface area contributed by atoms with Gasteiger partial charge in [0.1, 0.15) is 22.7 Å². The van der Waals surface area contributed by atoms with Gasteiger partial charge in [-0.25, -0.2) is 13.1 Å². The molecular weight excluding hydrogens is 478 g/mol. The van der Waals surface area contributed by atoms with E-state index < -0.39 is 14.6 Å². The Balaban J connectivity index is 1.45. The van der Waals surface area contributed by atoms with Crippen LogP contribution in [-0.4, -0.2) is 59.3 Å². The Morgan fingerprint density at radius 3 is 2.64 bits per heavy atom. The Morgan fingerprint density at radius 2 is 1.97 bits per heavy atom. The molecule has 3 heterocycles. The van der Waals surface area contributed by atoms with Crippen LogP contribution in [0.4, 0.5) is 0 Å². The van der Waals surface area contributed by atoms with Gasteiger partial charge >= 0.3 is 0 Å². The molecule has 0 radical (unpaired) electrons. The van der Waals surface area contributed by atoms with Crippen LogP contribution in [0.25, 0.3) is 11.1 Å². The molecule has 2 aliphatic heterocycles. The normalized spacial score (nSPS) is 19.9. The zero-order valence-electron chi connectivity index (χ0n) is 21.1. The highest BCUT2D eigenvalue weighted by molar-refractivity contribution is 7.96. The Labute approximate surface area is 211 Å². The van der Waals surface area contributed by atoms with Gasteiger partial charge in [-0.1, -0.05) is 6.07 Å². The molecule has 1 aromatic carbocycles. The van der Waals surface area contributed by atoms with Gasteiger partial charge in [0.25, 0.3) is 5.91 Å². The molecule has 10 heteroatoms. The quantitative estimate of drug-likeness (QED) is 0.638. The predicted molar refractivity (Wildman–Crippen MR) is 138 cm³/mol. The molecule has 1 atom stereocenters. The number of aliphatic imine (C=N–C) groups is 1. The van der Waals surface area contributed by atoms with Crippen LogP contribution in [0, 0.1) is 6.92 Å². The molecule has 9 nitrogen and oxygen atoms in total. The Hall–Kier alpha value is -3.40. The van der Waals surface area contributed by atoms with E-state index in [0.29, 0.717) is 24.0 Å². The van der Waals surface area contributed by atoms with Gasteiger partial charge in [-0.05, 0) is 63.8 Å². The third-order valence-electron chi connectivity index (χ3n) is 6.71. The summed E-state index contributed by atoms with van der Waals surface area (Å²) in [5.74, 6) is 0.835. The number of hydrogen-bond acceptors (Lipinski definition) is 7. The van der Waals surface area contributed by atoms with Crippen LogP contribution in [0.3, 0.4) is 0 Å². The number of nitrogens with zero attached hydrogens (tertiary/aromatic N) is 4. The largest absolute Gasteiger partial charge is 0.495 e. The topological polar surface area (TPSA) is 106 Å². The number of carbonyl (C=O) groups excluding carboxylic acids is 1. The number of amidine groups is 1. The fourth-order valence-corrected chi connectivity index (χ4v) is 5.58. The second-order valence-corrected chi connectivity index (χ2v) is 13.1. The van der Waals surface area contributed by atoms with Gasteiger partial charge in [-0.2, -0.15) is 5.10 Å². The van der Waals surface area contributed by atoms with Gasteiger partial charge in [-0.3, -0.25) is 9.79 Å². The minimum Gasteiger partial charge on any atom is -0.495 e. The Bertz CT molecular complexity index is 1420.